The number of hydrogen-bond donors (Lipinski definition) is 1. The molecule has 1 spiro atoms. The lowest BCUT2D eigenvalue weighted by Gasteiger charge is -2.42. The van der Waals surface area contributed by atoms with Crippen LogP contribution in [0.25, 0.3) is 16.2 Å². The summed E-state index contributed by atoms with van der Waals surface area (Å²) in [7, 11) is 0. The average molecular weight is 489 g/mol. The number of hydrogen-bond acceptors (Lipinski definition) is 5. The minimum absolute atomic E-state index is 0.000529. The molecule has 0 radical (unpaired) electrons. The van der Waals surface area contributed by atoms with Crippen LogP contribution in [0.4, 0.5) is 0 Å². The number of aromatic nitrogens is 2. The lowest BCUT2D eigenvalue weighted by Crippen LogP contribution is -2.56. The first-order valence-electron chi connectivity index (χ1n) is 10.9. The van der Waals surface area contributed by atoms with Gasteiger partial charge >= 0.3 is 0 Å². The summed E-state index contributed by atoms with van der Waals surface area (Å²) in [4.78, 5) is 31.1. The fourth-order valence-electron chi connectivity index (χ4n) is 4.80. The van der Waals surface area contributed by atoms with Crippen molar-refractivity contribution in [2.75, 3.05) is 0 Å². The first kappa shape index (κ1) is 21.8. The molecular weight excluding hydrogens is 464 g/mol. The number of carbonyl (C=O) groups excluding carboxylic acids is 2. The molecule has 2 aromatic heterocycles. The number of benzene rings is 1. The van der Waals surface area contributed by atoms with E-state index in [0.717, 1.165) is 41.2 Å². The van der Waals surface area contributed by atoms with Gasteiger partial charge in [0.15, 0.2) is 4.96 Å². The van der Waals surface area contributed by atoms with Crippen LogP contribution in [0.3, 0.4) is 0 Å². The number of nitrogens with zero attached hydrogens (tertiary/aromatic N) is 3. The maximum absolute atomic E-state index is 13.0. The summed E-state index contributed by atoms with van der Waals surface area (Å²) in [6.07, 6.45) is 6.23. The van der Waals surface area contributed by atoms with E-state index < -0.39 is 0 Å². The van der Waals surface area contributed by atoms with Gasteiger partial charge in [0.05, 0.1) is 17.4 Å². The minimum atomic E-state index is -0.315. The highest BCUT2D eigenvalue weighted by Gasteiger charge is 2.52. The van der Waals surface area contributed by atoms with Gasteiger partial charge in [-0.15, -0.1) is 23.1 Å². The normalized spacial score (nSPS) is 25.7. The molecule has 6 nitrogen and oxygen atoms in total. The Balaban J connectivity index is 1.34. The molecule has 3 atom stereocenters. The van der Waals surface area contributed by atoms with Gasteiger partial charge in [-0.25, -0.2) is 9.99 Å². The summed E-state index contributed by atoms with van der Waals surface area (Å²) >= 11 is 9.20. The summed E-state index contributed by atoms with van der Waals surface area (Å²) in [5.74, 6) is 0.371. The Morgan fingerprint density at radius 1 is 1.31 bits per heavy atom. The number of fused-ring (bicyclic) bond motifs is 1. The summed E-state index contributed by atoms with van der Waals surface area (Å²) in [5.41, 5.74) is 5.64. The van der Waals surface area contributed by atoms with Crippen LogP contribution in [0.2, 0.25) is 5.02 Å². The Labute approximate surface area is 200 Å². The number of imidazole rings is 1. The van der Waals surface area contributed by atoms with Crippen molar-refractivity contribution in [1.29, 1.82) is 0 Å². The van der Waals surface area contributed by atoms with Crippen molar-refractivity contribution in [2.24, 2.45) is 5.92 Å². The Bertz CT molecular complexity index is 1170. The van der Waals surface area contributed by atoms with Crippen LogP contribution in [0.15, 0.2) is 35.8 Å². The van der Waals surface area contributed by atoms with Crippen molar-refractivity contribution in [3.63, 3.8) is 0 Å². The lowest BCUT2D eigenvalue weighted by atomic mass is 9.86. The van der Waals surface area contributed by atoms with Gasteiger partial charge in [-0.3, -0.25) is 19.4 Å². The van der Waals surface area contributed by atoms with Crippen molar-refractivity contribution >= 4 is 51.5 Å². The quantitative estimate of drug-likeness (QED) is 0.550. The van der Waals surface area contributed by atoms with Crippen molar-refractivity contribution in [3.05, 3.63) is 46.6 Å². The topological polar surface area (TPSA) is 66.7 Å². The Hall–Kier alpha value is -2.03. The zero-order valence-electron chi connectivity index (χ0n) is 18.0. The number of nitrogens with one attached hydrogen (secondary N) is 1. The molecule has 0 bridgehead atoms. The van der Waals surface area contributed by atoms with Crippen LogP contribution in [-0.2, 0) is 16.0 Å². The molecule has 32 heavy (non-hydrogen) atoms. The average Bonchev–Trinajstić information content (AvgIpc) is 3.39. The zero-order chi connectivity index (χ0) is 22.5. The fraction of sp³-hybridized carbons (Fsp3) is 0.435. The van der Waals surface area contributed by atoms with Crippen LogP contribution >= 0.6 is 34.7 Å². The van der Waals surface area contributed by atoms with Gasteiger partial charge in [0.2, 0.25) is 5.91 Å². The number of rotatable bonds is 4. The Morgan fingerprint density at radius 3 is 2.84 bits per heavy atom. The number of thioether (sulfide) groups is 1. The third-order valence-corrected chi connectivity index (χ3v) is 8.99. The summed E-state index contributed by atoms with van der Waals surface area (Å²) in [6, 6.07) is 7.55. The molecule has 3 unspecified atom stereocenters. The number of carbonyl (C=O) groups is 2. The minimum Gasteiger partial charge on any atom is -0.294 e. The number of thiazole rings is 1. The molecule has 1 N–H and O–H groups in total. The van der Waals surface area contributed by atoms with Gasteiger partial charge in [0.25, 0.3) is 5.91 Å². The van der Waals surface area contributed by atoms with E-state index in [2.05, 4.69) is 17.3 Å². The molecule has 9 heteroatoms. The summed E-state index contributed by atoms with van der Waals surface area (Å²) in [5, 5.41) is 4.15. The van der Waals surface area contributed by atoms with Gasteiger partial charge < -0.3 is 0 Å². The van der Waals surface area contributed by atoms with Gasteiger partial charge in [0.1, 0.15) is 4.87 Å². The maximum Gasteiger partial charge on any atom is 0.255 e. The maximum atomic E-state index is 13.0. The highest BCUT2D eigenvalue weighted by Crippen LogP contribution is 2.50. The number of hydrazine groups is 1. The van der Waals surface area contributed by atoms with Gasteiger partial charge in [-0.1, -0.05) is 37.1 Å². The van der Waals surface area contributed by atoms with E-state index in [-0.39, 0.29) is 28.4 Å². The van der Waals surface area contributed by atoms with Crippen molar-refractivity contribution < 1.29 is 9.59 Å². The molecule has 3 aromatic rings. The molecule has 168 valence electrons. The Morgan fingerprint density at radius 2 is 2.09 bits per heavy atom. The zero-order valence-corrected chi connectivity index (χ0v) is 20.4. The van der Waals surface area contributed by atoms with Crippen LogP contribution in [0.5, 0.6) is 0 Å². The highest BCUT2D eigenvalue weighted by molar-refractivity contribution is 8.02. The van der Waals surface area contributed by atoms with Crippen molar-refractivity contribution in [1.82, 2.24) is 19.8 Å². The summed E-state index contributed by atoms with van der Waals surface area (Å²) < 4.78 is 1.95. The van der Waals surface area contributed by atoms with E-state index in [1.54, 1.807) is 16.8 Å². The van der Waals surface area contributed by atoms with E-state index in [4.69, 9.17) is 11.6 Å². The van der Waals surface area contributed by atoms with Crippen molar-refractivity contribution in [3.8, 4) is 11.3 Å². The van der Waals surface area contributed by atoms with E-state index in [9.17, 15) is 9.59 Å². The smallest absolute Gasteiger partial charge is 0.255 e. The van der Waals surface area contributed by atoms with Crippen LogP contribution in [0.1, 0.15) is 45.2 Å². The third kappa shape index (κ3) is 3.93. The molecule has 3 heterocycles. The second-order valence-electron chi connectivity index (χ2n) is 8.81. The molecule has 1 aliphatic heterocycles. The monoisotopic (exact) mass is 488 g/mol. The van der Waals surface area contributed by atoms with E-state index in [1.807, 2.05) is 47.2 Å². The largest absolute Gasteiger partial charge is 0.294 e. The fourth-order valence-corrected chi connectivity index (χ4v) is 7.55. The van der Waals surface area contributed by atoms with Gasteiger partial charge in [-0.2, -0.15) is 0 Å². The second kappa shape index (κ2) is 8.39. The van der Waals surface area contributed by atoms with Crippen LogP contribution in [-0.4, -0.2) is 36.3 Å². The van der Waals surface area contributed by atoms with E-state index >= 15 is 0 Å². The molecule has 2 aliphatic rings. The molecule has 1 aromatic carbocycles. The van der Waals surface area contributed by atoms with Gasteiger partial charge in [0, 0.05) is 27.9 Å². The van der Waals surface area contributed by atoms with Crippen molar-refractivity contribution in [2.45, 2.75) is 56.1 Å². The molecule has 2 amide bonds. The first-order chi connectivity index (χ1) is 15.3. The lowest BCUT2D eigenvalue weighted by molar-refractivity contribution is -0.144. The first-order valence-corrected chi connectivity index (χ1v) is 13.0. The molecule has 1 saturated carbocycles. The molecule has 1 saturated heterocycles. The van der Waals surface area contributed by atoms with E-state index in [0.29, 0.717) is 10.9 Å². The summed E-state index contributed by atoms with van der Waals surface area (Å²) in [6.45, 7) is 4.17. The van der Waals surface area contributed by atoms with Crippen LogP contribution in [0, 0.1) is 5.92 Å². The standard InChI is InChI=1S/C23H25ClN4O2S2/c1-14-4-3-9-23(11-14)28(21(30)15(2)32-23)26-20(29)10-18-13-31-22-25-19(12-27(18)22)16-5-7-17(24)8-6-16/h5-8,12-15H,3-4,9-11H2,1-2H3,(H,26,29). The molecular formula is C23H25ClN4O2S2. The number of halogens is 1. The molecule has 5 rings (SSSR count). The third-order valence-electron chi connectivity index (χ3n) is 6.31. The van der Waals surface area contributed by atoms with Crippen LogP contribution < -0.4 is 5.43 Å². The number of amides is 2. The molecule has 1 aliphatic carbocycles. The highest BCUT2D eigenvalue weighted by atomic mass is 35.5. The predicted molar refractivity (Wildman–Crippen MR) is 130 cm³/mol. The SMILES string of the molecule is CC1CCCC2(C1)SC(C)C(=O)N2NC(=O)Cc1csc2nc(-c3ccc(Cl)cc3)cn12. The second-order valence-corrected chi connectivity index (χ2v) is 11.8. The predicted octanol–water partition coefficient (Wildman–Crippen LogP) is 5.16. The van der Waals surface area contributed by atoms with Gasteiger partial charge in [-0.05, 0) is 44.2 Å². The Kier molecular flexibility index (Phi) is 5.72. The molecule has 2 fully saturated rings. The van der Waals surface area contributed by atoms with E-state index in [1.165, 1.54) is 17.8 Å².